The minimum atomic E-state index is -0.235. The summed E-state index contributed by atoms with van der Waals surface area (Å²) >= 11 is 0. The smallest absolute Gasteiger partial charge is 0.323 e. The molecule has 1 N–H and O–H groups in total. The van der Waals surface area contributed by atoms with Gasteiger partial charge in [0.1, 0.15) is 6.04 Å². The Hall–Kier alpha value is -2.34. The predicted octanol–water partition coefficient (Wildman–Crippen LogP) is 3.18. The van der Waals surface area contributed by atoms with Gasteiger partial charge in [-0.15, -0.1) is 0 Å². The zero-order valence-corrected chi connectivity index (χ0v) is 16.1. The molecule has 0 bridgehead atoms. The molecule has 1 aromatic carbocycles. The number of rotatable bonds is 9. The van der Waals surface area contributed by atoms with Crippen molar-refractivity contribution in [3.05, 3.63) is 29.8 Å². The monoisotopic (exact) mass is 375 g/mol. The molecule has 6 heteroatoms. The van der Waals surface area contributed by atoms with Gasteiger partial charge < -0.3 is 14.6 Å². The van der Waals surface area contributed by atoms with E-state index in [2.05, 4.69) is 4.90 Å². The van der Waals surface area contributed by atoms with Crippen LogP contribution in [0.4, 0.5) is 0 Å². The molecule has 1 aliphatic rings. The highest BCUT2D eigenvalue weighted by molar-refractivity contribution is 5.93. The highest BCUT2D eigenvalue weighted by Crippen LogP contribution is 2.27. The Morgan fingerprint density at radius 1 is 1.26 bits per heavy atom. The van der Waals surface area contributed by atoms with E-state index < -0.39 is 0 Å². The minimum absolute atomic E-state index is 0.00535. The summed E-state index contributed by atoms with van der Waals surface area (Å²) in [6.07, 6.45) is 6.43. The fourth-order valence-corrected chi connectivity index (χ4v) is 3.20. The van der Waals surface area contributed by atoms with Crippen molar-refractivity contribution in [1.82, 2.24) is 4.90 Å². The Kier molecular flexibility index (Phi) is 8.33. The van der Waals surface area contributed by atoms with E-state index in [1.54, 1.807) is 31.2 Å². The van der Waals surface area contributed by atoms with E-state index in [9.17, 15) is 14.7 Å². The number of hydrogen-bond donors (Lipinski definition) is 1. The number of hydrogen-bond acceptors (Lipinski definition) is 6. The molecule has 1 heterocycles. The van der Waals surface area contributed by atoms with Crippen LogP contribution in [-0.2, 0) is 14.3 Å². The number of likely N-dealkylation sites (tertiary alicyclic amines) is 1. The van der Waals surface area contributed by atoms with E-state index in [-0.39, 0.29) is 23.5 Å². The summed E-state index contributed by atoms with van der Waals surface area (Å²) in [5.41, 5.74) is 0.784. The number of benzene rings is 1. The molecule has 2 rings (SSSR count). The third-order valence-corrected chi connectivity index (χ3v) is 4.56. The predicted molar refractivity (Wildman–Crippen MR) is 104 cm³/mol. The maximum atomic E-state index is 12.2. The Morgan fingerprint density at radius 2 is 2.07 bits per heavy atom. The standard InChI is InChI=1S/C21H29NO5/c1-3-26-20-15-16(9-11-19(20)24)8-10-17(23)12-14-22-13-6-5-7-18(22)21(25)27-4-2/h8-11,15,18,24H,3-7,12-14H2,1-2H3. The van der Waals surface area contributed by atoms with Crippen molar-refractivity contribution >= 4 is 17.8 Å². The second kappa shape index (κ2) is 10.7. The number of phenols is 1. The largest absolute Gasteiger partial charge is 0.504 e. The fraction of sp³-hybridized carbons (Fsp3) is 0.524. The number of carbonyl (C=O) groups is 2. The van der Waals surface area contributed by atoms with Gasteiger partial charge >= 0.3 is 5.97 Å². The lowest BCUT2D eigenvalue weighted by atomic mass is 10.0. The number of ether oxygens (including phenoxy) is 2. The van der Waals surface area contributed by atoms with Gasteiger partial charge in [-0.25, -0.2) is 0 Å². The number of piperidine rings is 1. The molecule has 0 spiro atoms. The average molecular weight is 375 g/mol. The van der Waals surface area contributed by atoms with E-state index in [0.717, 1.165) is 31.4 Å². The zero-order chi connectivity index (χ0) is 19.6. The second-order valence-corrected chi connectivity index (χ2v) is 6.51. The molecule has 148 valence electrons. The molecule has 1 atom stereocenters. The first-order chi connectivity index (χ1) is 13.0. The lowest BCUT2D eigenvalue weighted by molar-refractivity contribution is -0.151. The Bertz CT molecular complexity index is 671. The molecule has 1 unspecified atom stereocenters. The van der Waals surface area contributed by atoms with Crippen molar-refractivity contribution in [2.75, 3.05) is 26.3 Å². The van der Waals surface area contributed by atoms with Crippen LogP contribution in [0.2, 0.25) is 0 Å². The second-order valence-electron chi connectivity index (χ2n) is 6.51. The summed E-state index contributed by atoms with van der Waals surface area (Å²) in [6.45, 7) is 5.84. The highest BCUT2D eigenvalue weighted by Gasteiger charge is 2.29. The van der Waals surface area contributed by atoms with Crippen molar-refractivity contribution in [1.29, 1.82) is 0 Å². The van der Waals surface area contributed by atoms with E-state index in [1.165, 1.54) is 6.08 Å². The summed E-state index contributed by atoms with van der Waals surface area (Å²) in [5, 5.41) is 9.72. The zero-order valence-electron chi connectivity index (χ0n) is 16.1. The molecular weight excluding hydrogens is 346 g/mol. The third kappa shape index (κ3) is 6.40. The van der Waals surface area contributed by atoms with Crippen LogP contribution in [0.5, 0.6) is 11.5 Å². The van der Waals surface area contributed by atoms with Crippen LogP contribution in [0, 0.1) is 0 Å². The number of nitrogens with zero attached hydrogens (tertiary/aromatic N) is 1. The third-order valence-electron chi connectivity index (χ3n) is 4.56. The van der Waals surface area contributed by atoms with Gasteiger partial charge in [0.2, 0.25) is 0 Å². The molecule has 0 aromatic heterocycles. The minimum Gasteiger partial charge on any atom is -0.504 e. The average Bonchev–Trinajstić information content (AvgIpc) is 2.67. The quantitative estimate of drug-likeness (QED) is 0.528. The van der Waals surface area contributed by atoms with Crippen LogP contribution < -0.4 is 4.74 Å². The van der Waals surface area contributed by atoms with Crippen LogP contribution in [0.1, 0.15) is 45.1 Å². The fourth-order valence-electron chi connectivity index (χ4n) is 3.20. The van der Waals surface area contributed by atoms with Crippen molar-refractivity contribution < 1.29 is 24.2 Å². The van der Waals surface area contributed by atoms with E-state index in [4.69, 9.17) is 9.47 Å². The Morgan fingerprint density at radius 3 is 2.81 bits per heavy atom. The number of carbonyl (C=O) groups excluding carboxylic acids is 2. The molecule has 1 saturated heterocycles. The lowest BCUT2D eigenvalue weighted by Crippen LogP contribution is -2.46. The van der Waals surface area contributed by atoms with Gasteiger partial charge in [-0.1, -0.05) is 18.6 Å². The van der Waals surface area contributed by atoms with Gasteiger partial charge in [0.15, 0.2) is 17.3 Å². The van der Waals surface area contributed by atoms with Gasteiger partial charge in [0.05, 0.1) is 13.2 Å². The Balaban J connectivity index is 1.90. The molecule has 0 amide bonds. The molecule has 0 radical (unpaired) electrons. The van der Waals surface area contributed by atoms with Gasteiger partial charge in [-0.3, -0.25) is 14.5 Å². The number of allylic oxidation sites excluding steroid dienone is 1. The molecule has 0 aliphatic carbocycles. The van der Waals surface area contributed by atoms with Crippen LogP contribution in [-0.4, -0.2) is 54.1 Å². The first kappa shape index (κ1) is 21.0. The summed E-state index contributed by atoms with van der Waals surface area (Å²) in [4.78, 5) is 26.4. The van der Waals surface area contributed by atoms with Gasteiger partial charge in [0, 0.05) is 13.0 Å². The SMILES string of the molecule is CCOC(=O)C1CCCCN1CCC(=O)C=Cc1ccc(O)c(OCC)c1. The van der Waals surface area contributed by atoms with Gasteiger partial charge in [-0.05, 0) is 57.0 Å². The number of phenolic OH excluding ortho intramolecular Hbond substituents is 1. The molecule has 27 heavy (non-hydrogen) atoms. The van der Waals surface area contributed by atoms with Crippen LogP contribution in [0.25, 0.3) is 6.08 Å². The number of esters is 1. The molecule has 6 nitrogen and oxygen atoms in total. The highest BCUT2D eigenvalue weighted by atomic mass is 16.5. The lowest BCUT2D eigenvalue weighted by Gasteiger charge is -2.33. The van der Waals surface area contributed by atoms with Crippen molar-refractivity contribution in [2.24, 2.45) is 0 Å². The van der Waals surface area contributed by atoms with E-state index in [1.807, 2.05) is 6.92 Å². The number of ketones is 1. The van der Waals surface area contributed by atoms with Gasteiger partial charge in [-0.2, -0.15) is 0 Å². The Labute approximate surface area is 160 Å². The van der Waals surface area contributed by atoms with Crippen molar-refractivity contribution in [3.63, 3.8) is 0 Å². The summed E-state index contributed by atoms with van der Waals surface area (Å²) in [6, 6.07) is 4.74. The summed E-state index contributed by atoms with van der Waals surface area (Å²) < 4.78 is 10.5. The first-order valence-electron chi connectivity index (χ1n) is 9.62. The summed E-state index contributed by atoms with van der Waals surface area (Å²) in [7, 11) is 0. The van der Waals surface area contributed by atoms with Crippen molar-refractivity contribution in [3.8, 4) is 11.5 Å². The maximum absolute atomic E-state index is 12.2. The molecular formula is C21H29NO5. The van der Waals surface area contributed by atoms with E-state index >= 15 is 0 Å². The first-order valence-corrected chi connectivity index (χ1v) is 9.62. The molecule has 0 saturated carbocycles. The van der Waals surface area contributed by atoms with Crippen LogP contribution >= 0.6 is 0 Å². The molecule has 1 fully saturated rings. The van der Waals surface area contributed by atoms with Crippen molar-refractivity contribution in [2.45, 2.75) is 45.6 Å². The van der Waals surface area contributed by atoms with Gasteiger partial charge in [0.25, 0.3) is 0 Å². The topological polar surface area (TPSA) is 76.1 Å². The maximum Gasteiger partial charge on any atom is 0.323 e. The van der Waals surface area contributed by atoms with Crippen LogP contribution in [0.15, 0.2) is 24.3 Å². The molecule has 1 aromatic rings. The molecule has 1 aliphatic heterocycles. The van der Waals surface area contributed by atoms with E-state index in [0.29, 0.717) is 31.9 Å². The summed E-state index contributed by atoms with van der Waals surface area (Å²) in [5.74, 6) is 0.287. The number of aromatic hydroxyl groups is 1. The van der Waals surface area contributed by atoms with Crippen LogP contribution in [0.3, 0.4) is 0 Å². The normalized spacial score (nSPS) is 17.8.